The number of aromatic nitrogens is 1. The SMILES string of the molecule is Cc1cc(CNC(CC(C)C)c2ccccc2)c(C)n1C. The van der Waals surface area contributed by atoms with Crippen molar-refractivity contribution in [1.29, 1.82) is 0 Å². The van der Waals surface area contributed by atoms with Gasteiger partial charge in [0.1, 0.15) is 0 Å². The Morgan fingerprint density at radius 3 is 2.29 bits per heavy atom. The van der Waals surface area contributed by atoms with E-state index in [9.17, 15) is 0 Å². The molecule has 0 saturated heterocycles. The third-order valence-corrected chi connectivity index (χ3v) is 4.33. The fourth-order valence-electron chi connectivity index (χ4n) is 2.84. The molecule has 1 aromatic carbocycles. The molecule has 0 radical (unpaired) electrons. The van der Waals surface area contributed by atoms with Crippen molar-refractivity contribution in [1.82, 2.24) is 9.88 Å². The lowest BCUT2D eigenvalue weighted by Crippen LogP contribution is -2.22. The van der Waals surface area contributed by atoms with E-state index in [0.717, 1.165) is 13.0 Å². The van der Waals surface area contributed by atoms with Gasteiger partial charge in [0.2, 0.25) is 0 Å². The molecule has 0 saturated carbocycles. The predicted octanol–water partition coefficient (Wildman–Crippen LogP) is 4.52. The van der Waals surface area contributed by atoms with Crippen LogP contribution in [0.15, 0.2) is 36.4 Å². The lowest BCUT2D eigenvalue weighted by Gasteiger charge is -2.21. The molecule has 1 unspecified atom stereocenters. The maximum absolute atomic E-state index is 3.75. The van der Waals surface area contributed by atoms with Crippen molar-refractivity contribution in [3.05, 3.63) is 58.9 Å². The summed E-state index contributed by atoms with van der Waals surface area (Å²) < 4.78 is 2.26. The van der Waals surface area contributed by atoms with E-state index >= 15 is 0 Å². The van der Waals surface area contributed by atoms with Crippen LogP contribution < -0.4 is 5.32 Å². The molecule has 0 fully saturated rings. The second-order valence-electron chi connectivity index (χ2n) is 6.43. The molecule has 1 heterocycles. The zero-order valence-corrected chi connectivity index (χ0v) is 14.0. The molecule has 0 bridgehead atoms. The zero-order chi connectivity index (χ0) is 15.4. The third-order valence-electron chi connectivity index (χ3n) is 4.33. The topological polar surface area (TPSA) is 17.0 Å². The van der Waals surface area contributed by atoms with Gasteiger partial charge < -0.3 is 9.88 Å². The molecule has 0 aliphatic carbocycles. The fraction of sp³-hybridized carbons (Fsp3) is 0.474. The van der Waals surface area contributed by atoms with E-state index in [1.807, 2.05) is 0 Å². The average Bonchev–Trinajstić information content (AvgIpc) is 2.71. The Morgan fingerprint density at radius 2 is 1.76 bits per heavy atom. The van der Waals surface area contributed by atoms with Gasteiger partial charge in [-0.25, -0.2) is 0 Å². The number of nitrogens with one attached hydrogen (secondary N) is 1. The van der Waals surface area contributed by atoms with Crippen molar-refractivity contribution >= 4 is 0 Å². The normalized spacial score (nSPS) is 12.9. The Bertz CT molecular complexity index is 567. The van der Waals surface area contributed by atoms with Crippen LogP contribution in [0.2, 0.25) is 0 Å². The largest absolute Gasteiger partial charge is 0.352 e. The highest BCUT2D eigenvalue weighted by Gasteiger charge is 2.14. The number of rotatable bonds is 6. The van der Waals surface area contributed by atoms with Crippen LogP contribution in [-0.4, -0.2) is 4.57 Å². The van der Waals surface area contributed by atoms with E-state index in [0.29, 0.717) is 12.0 Å². The first-order valence-electron chi connectivity index (χ1n) is 7.89. The lowest BCUT2D eigenvalue weighted by molar-refractivity contribution is 0.428. The molecule has 1 atom stereocenters. The molecule has 2 heteroatoms. The number of nitrogens with zero attached hydrogens (tertiary/aromatic N) is 1. The molecule has 2 aromatic rings. The van der Waals surface area contributed by atoms with Gasteiger partial charge in [-0.2, -0.15) is 0 Å². The van der Waals surface area contributed by atoms with Crippen LogP contribution in [0, 0.1) is 19.8 Å². The molecule has 114 valence electrons. The first-order valence-corrected chi connectivity index (χ1v) is 7.89. The second kappa shape index (κ2) is 6.95. The van der Waals surface area contributed by atoms with Crippen molar-refractivity contribution in [2.45, 2.75) is 46.7 Å². The molecular weight excluding hydrogens is 256 g/mol. The summed E-state index contributed by atoms with van der Waals surface area (Å²) in [5.74, 6) is 0.682. The van der Waals surface area contributed by atoms with E-state index in [4.69, 9.17) is 0 Å². The molecule has 2 rings (SSSR count). The molecule has 2 nitrogen and oxygen atoms in total. The van der Waals surface area contributed by atoms with Crippen molar-refractivity contribution in [3.8, 4) is 0 Å². The molecule has 0 aliphatic rings. The molecule has 0 aliphatic heterocycles. The van der Waals surface area contributed by atoms with Crippen LogP contribution in [0.25, 0.3) is 0 Å². The summed E-state index contributed by atoms with van der Waals surface area (Å²) in [6.45, 7) is 9.87. The van der Waals surface area contributed by atoms with Crippen LogP contribution in [-0.2, 0) is 13.6 Å². The molecule has 1 aromatic heterocycles. The highest BCUT2D eigenvalue weighted by Crippen LogP contribution is 2.22. The summed E-state index contributed by atoms with van der Waals surface area (Å²) in [4.78, 5) is 0. The smallest absolute Gasteiger partial charge is 0.0325 e. The summed E-state index contributed by atoms with van der Waals surface area (Å²) in [6.07, 6.45) is 1.16. The first-order chi connectivity index (χ1) is 9.99. The molecule has 0 amide bonds. The van der Waals surface area contributed by atoms with Crippen LogP contribution in [0.3, 0.4) is 0 Å². The van der Waals surface area contributed by atoms with Gasteiger partial charge in [0.25, 0.3) is 0 Å². The van der Waals surface area contributed by atoms with Crippen molar-refractivity contribution < 1.29 is 0 Å². The summed E-state index contributed by atoms with van der Waals surface area (Å²) in [6, 6.07) is 13.5. The minimum absolute atomic E-state index is 0.422. The van der Waals surface area contributed by atoms with Gasteiger partial charge in [-0.3, -0.25) is 0 Å². The Labute approximate surface area is 129 Å². The highest BCUT2D eigenvalue weighted by molar-refractivity contribution is 5.27. The minimum Gasteiger partial charge on any atom is -0.352 e. The van der Waals surface area contributed by atoms with Crippen LogP contribution >= 0.6 is 0 Å². The van der Waals surface area contributed by atoms with Crippen LogP contribution in [0.4, 0.5) is 0 Å². The van der Waals surface area contributed by atoms with Gasteiger partial charge >= 0.3 is 0 Å². The predicted molar refractivity (Wildman–Crippen MR) is 90.4 cm³/mol. The number of aryl methyl sites for hydroxylation is 1. The standard InChI is InChI=1S/C19H28N2/c1-14(2)11-19(17-9-7-6-8-10-17)20-13-18-12-15(3)21(5)16(18)4/h6-10,12,14,19-20H,11,13H2,1-5H3. The van der Waals surface area contributed by atoms with E-state index in [-0.39, 0.29) is 0 Å². The third kappa shape index (κ3) is 3.98. The Kier molecular flexibility index (Phi) is 5.24. The number of hydrogen-bond acceptors (Lipinski definition) is 1. The number of hydrogen-bond donors (Lipinski definition) is 1. The van der Waals surface area contributed by atoms with Crippen molar-refractivity contribution in [2.24, 2.45) is 13.0 Å². The molecule has 0 spiro atoms. The van der Waals surface area contributed by atoms with E-state index in [1.54, 1.807) is 0 Å². The monoisotopic (exact) mass is 284 g/mol. The Morgan fingerprint density at radius 1 is 1.10 bits per heavy atom. The lowest BCUT2D eigenvalue weighted by atomic mass is 9.97. The number of benzene rings is 1. The summed E-state index contributed by atoms with van der Waals surface area (Å²) >= 11 is 0. The van der Waals surface area contributed by atoms with Crippen molar-refractivity contribution in [3.63, 3.8) is 0 Å². The Hall–Kier alpha value is -1.54. The first kappa shape index (κ1) is 15.8. The van der Waals surface area contributed by atoms with E-state index < -0.39 is 0 Å². The van der Waals surface area contributed by atoms with Gasteiger partial charge in [-0.15, -0.1) is 0 Å². The Balaban J connectivity index is 2.10. The molecular formula is C19H28N2. The van der Waals surface area contributed by atoms with Gasteiger partial charge in [0.15, 0.2) is 0 Å². The zero-order valence-electron chi connectivity index (χ0n) is 14.0. The minimum atomic E-state index is 0.422. The van der Waals surface area contributed by atoms with Crippen LogP contribution in [0.1, 0.15) is 48.8 Å². The van der Waals surface area contributed by atoms with Gasteiger partial charge in [-0.1, -0.05) is 44.2 Å². The maximum Gasteiger partial charge on any atom is 0.0325 e. The second-order valence-corrected chi connectivity index (χ2v) is 6.43. The van der Waals surface area contributed by atoms with E-state index in [2.05, 4.69) is 81.0 Å². The highest BCUT2D eigenvalue weighted by atomic mass is 15.0. The quantitative estimate of drug-likeness (QED) is 0.825. The fourth-order valence-corrected chi connectivity index (χ4v) is 2.84. The van der Waals surface area contributed by atoms with Gasteiger partial charge in [0.05, 0.1) is 0 Å². The summed E-state index contributed by atoms with van der Waals surface area (Å²) in [5.41, 5.74) is 5.47. The summed E-state index contributed by atoms with van der Waals surface area (Å²) in [7, 11) is 2.14. The van der Waals surface area contributed by atoms with Crippen LogP contribution in [0.5, 0.6) is 0 Å². The van der Waals surface area contributed by atoms with Gasteiger partial charge in [-0.05, 0) is 43.4 Å². The maximum atomic E-state index is 3.75. The van der Waals surface area contributed by atoms with E-state index in [1.165, 1.54) is 22.5 Å². The molecule has 21 heavy (non-hydrogen) atoms. The van der Waals surface area contributed by atoms with Crippen molar-refractivity contribution in [2.75, 3.05) is 0 Å². The molecule has 1 N–H and O–H groups in total. The van der Waals surface area contributed by atoms with Gasteiger partial charge in [0, 0.05) is 31.0 Å². The average molecular weight is 284 g/mol. The summed E-state index contributed by atoms with van der Waals surface area (Å²) in [5, 5.41) is 3.75.